The van der Waals surface area contributed by atoms with Crippen LogP contribution in [0.3, 0.4) is 0 Å². The van der Waals surface area contributed by atoms with Gasteiger partial charge in [-0.25, -0.2) is 0 Å². The number of carbonyl (C=O) groups is 1. The third-order valence-corrected chi connectivity index (χ3v) is 37.4. The first-order chi connectivity index (χ1) is 41.3. The molecule has 1 aliphatic heterocycles. The van der Waals surface area contributed by atoms with Crippen molar-refractivity contribution in [1.29, 1.82) is 0 Å². The van der Waals surface area contributed by atoms with Gasteiger partial charge in [-0.05, 0) is 244 Å². The van der Waals surface area contributed by atoms with Crippen molar-refractivity contribution in [2.45, 2.75) is 335 Å². The van der Waals surface area contributed by atoms with Gasteiger partial charge in [-0.3, -0.25) is 0 Å². The number of carbonyl (C=O) groups excluding carboxylic acids is 1. The third kappa shape index (κ3) is 18.1. The first-order valence-corrected chi connectivity index (χ1v) is 43.4. The van der Waals surface area contributed by atoms with E-state index in [0.29, 0.717) is 82.4 Å². The number of allylic oxidation sites excluding steroid dienone is 2. The van der Waals surface area contributed by atoms with Crippen molar-refractivity contribution in [3.05, 3.63) is 30.2 Å². The second-order valence-electron chi connectivity index (χ2n) is 39.1. The van der Waals surface area contributed by atoms with E-state index in [1.54, 1.807) is 11.1 Å². The topological polar surface area (TPSA) is 104 Å². The van der Waals surface area contributed by atoms with Crippen LogP contribution in [0, 0.1) is 122 Å². The van der Waals surface area contributed by atoms with Crippen LogP contribution in [0.2, 0.25) is 36.3 Å². The molecular weight excluding hydrogens is 1150 g/mol. The van der Waals surface area contributed by atoms with Crippen molar-refractivity contribution in [3.8, 4) is 0 Å². The summed E-state index contributed by atoms with van der Waals surface area (Å²) in [6.45, 7) is 64.4. The molecule has 11 heteroatoms. The molecule has 1 heterocycles. The zero-order valence-electron chi connectivity index (χ0n) is 64.3. The number of ether oxygens (including phenoxy) is 3. The van der Waals surface area contributed by atoms with E-state index in [2.05, 4.69) is 191 Å². The van der Waals surface area contributed by atoms with E-state index >= 15 is 0 Å². The minimum absolute atomic E-state index is 0. The number of aliphatic hydroxyl groups is 2. The molecule has 0 bridgehead atoms. The Morgan fingerprint density at radius 3 is 1.46 bits per heavy atom. The van der Waals surface area contributed by atoms with Gasteiger partial charge in [0.25, 0.3) is 0 Å². The minimum Gasteiger partial charge on any atom is -0.414 e. The van der Waals surface area contributed by atoms with Gasteiger partial charge in [-0.1, -0.05) is 175 Å². The van der Waals surface area contributed by atoms with E-state index in [9.17, 15) is 15.0 Å². The molecule has 6 saturated carbocycles. The van der Waals surface area contributed by atoms with Gasteiger partial charge in [0.2, 0.25) is 0 Å². The van der Waals surface area contributed by atoms with Crippen molar-refractivity contribution in [3.63, 3.8) is 0 Å². The molecule has 1 saturated heterocycles. The Balaban J connectivity index is 0.000000247. The van der Waals surface area contributed by atoms with Gasteiger partial charge in [0.05, 0.1) is 25.9 Å². The predicted octanol–water partition coefficient (Wildman–Crippen LogP) is 18.1. The maximum Gasteiger partial charge on any atom is 1.00 e. The van der Waals surface area contributed by atoms with Crippen LogP contribution in [0.25, 0.3) is 0 Å². The molecule has 2 N–H and O–H groups in total. The van der Waals surface area contributed by atoms with Crippen LogP contribution in [0.15, 0.2) is 23.3 Å². The molecule has 9 aliphatic rings. The molecule has 0 amide bonds. The Morgan fingerprint density at radius 1 is 0.615 bits per heavy atom. The van der Waals surface area contributed by atoms with E-state index in [1.165, 1.54) is 103 Å². The molecule has 9 rings (SSSR count). The van der Waals surface area contributed by atoms with Gasteiger partial charge >= 0.3 is 18.9 Å². The summed E-state index contributed by atoms with van der Waals surface area (Å²) >= 11 is 0. The number of rotatable bonds is 18. The Kier molecular flexibility index (Phi) is 26.7. The van der Waals surface area contributed by atoms with Crippen molar-refractivity contribution in [1.82, 2.24) is 0 Å². The standard InChI is InChI=1S/C40H72O4Si.C28H48O2Si.C12H25O2.Li/c1-26(2)28(22-36-42-24-38(7,8)25-43-36)21-35(41)27(3)32-15-16-33-31-14-13-29-23-30(44-45(11,12)37(4,5)6)17-19-39(29,9)34(31)18-20-40(32,33)10;1-19(18-29)23-11-12-24-22-10-9-20-17-21(30-31(7,8)26(2,3)4)13-15-27(20,5)25(22)14-16-28(23,24)6;1-9(2)10(3)7-11(13)14-8-12(4,5)6;/h13,26-28,30-36,41H,14-25H2,1-12H3;9,18-19,21-25H,10-17H2,1-8H3;9-11,13H,3,7-8H2,1-2,4-6H3;/q;;-1;+1/t27?,28?,30-,31?,32+,33?,34?,35?,39-,40+;19?,21-,22?,23+,24?,25?,27-,28+;;/m00../s1. The first kappa shape index (κ1) is 79.9. The van der Waals surface area contributed by atoms with Crippen molar-refractivity contribution < 1.29 is 56.9 Å². The summed E-state index contributed by atoms with van der Waals surface area (Å²) in [6, 6.07) is 0. The third-order valence-electron chi connectivity index (χ3n) is 28.3. The normalized spacial score (nSPS) is 37.1. The predicted molar refractivity (Wildman–Crippen MR) is 382 cm³/mol. The molecule has 7 fully saturated rings. The Hall–Kier alpha value is -0.0988. The smallest absolute Gasteiger partial charge is 0.414 e. The van der Waals surface area contributed by atoms with Gasteiger partial charge in [-0.2, -0.15) is 5.92 Å². The SMILES string of the molecule is CC(C)C(CC1OCC(C)(C)CO1)CC(O)C(C)[C@H]1CCC2C3CC=C4C[C@@H](O[Si](C)(C)C(C)(C)C)CC[C@]4(C)C3CC[C@@]21C.CC(C=O)[C@H]1CCC2C3CC=C4C[C@@H](O[Si](C)(C)C(C)(C)C)CC[C@]4(C)C3CC[C@@]21C.[CH2-]C(CC(O)OCC(C)(C)C)C(C)C.[Li+]. The summed E-state index contributed by atoms with van der Waals surface area (Å²) in [7, 11) is -3.47. The summed E-state index contributed by atoms with van der Waals surface area (Å²) in [4.78, 5) is 11.6. The van der Waals surface area contributed by atoms with Gasteiger partial charge in [0, 0.05) is 30.0 Å². The van der Waals surface area contributed by atoms with E-state index in [0.717, 1.165) is 68.0 Å². The van der Waals surface area contributed by atoms with Crippen LogP contribution < -0.4 is 18.9 Å². The molecule has 0 aromatic rings. The summed E-state index contributed by atoms with van der Waals surface area (Å²) in [5, 5.41) is 21.9. The molecule has 0 aromatic carbocycles. The van der Waals surface area contributed by atoms with Crippen LogP contribution in [0.1, 0.15) is 267 Å². The van der Waals surface area contributed by atoms with Gasteiger partial charge in [0.15, 0.2) is 29.2 Å². The molecule has 0 aromatic heterocycles. The number of aliphatic hydroxyl groups excluding tert-OH is 2. The molecule has 91 heavy (non-hydrogen) atoms. The van der Waals surface area contributed by atoms with Gasteiger partial charge in [0.1, 0.15) is 6.29 Å². The Labute approximate surface area is 576 Å². The fourth-order valence-electron chi connectivity index (χ4n) is 20.0. The number of fused-ring (bicyclic) bond motifs is 10. The summed E-state index contributed by atoms with van der Waals surface area (Å²) in [5.74, 6) is 8.31. The minimum atomic E-state index is -1.76. The summed E-state index contributed by atoms with van der Waals surface area (Å²) in [6.07, 6.45) is 29.3. The van der Waals surface area contributed by atoms with E-state index < -0.39 is 22.9 Å². The monoisotopic (exact) mass is 1300 g/mol. The Bertz CT molecular complexity index is 2390. The van der Waals surface area contributed by atoms with Crippen LogP contribution in [0.4, 0.5) is 0 Å². The largest absolute Gasteiger partial charge is 1.00 e. The van der Waals surface area contributed by atoms with Crippen LogP contribution in [-0.2, 0) is 27.9 Å². The molecule has 522 valence electrons. The fraction of sp³-hybridized carbons (Fsp3) is 0.925. The van der Waals surface area contributed by atoms with Gasteiger partial charge < -0.3 is 45.0 Å². The second kappa shape index (κ2) is 30.4. The van der Waals surface area contributed by atoms with Crippen molar-refractivity contribution >= 4 is 22.9 Å². The van der Waals surface area contributed by atoms with Gasteiger partial charge in [-0.15, -0.1) is 0 Å². The quantitative estimate of drug-likeness (QED) is 0.0460. The summed E-state index contributed by atoms with van der Waals surface area (Å²) in [5.41, 5.74) is 5.12. The van der Waals surface area contributed by atoms with E-state index in [4.69, 9.17) is 23.1 Å². The first-order valence-electron chi connectivity index (χ1n) is 37.6. The second-order valence-corrected chi connectivity index (χ2v) is 48.7. The van der Waals surface area contributed by atoms with Crippen LogP contribution in [-0.4, -0.2) is 83.8 Å². The summed E-state index contributed by atoms with van der Waals surface area (Å²) < 4.78 is 31.4. The average Bonchev–Trinajstić information content (AvgIpc) is 1.70. The zero-order valence-corrected chi connectivity index (χ0v) is 66.3. The van der Waals surface area contributed by atoms with Crippen LogP contribution >= 0.6 is 0 Å². The molecule has 8 aliphatic carbocycles. The molecule has 12 unspecified atom stereocenters. The maximum atomic E-state index is 11.8. The van der Waals surface area contributed by atoms with Crippen molar-refractivity contribution in [2.75, 3.05) is 19.8 Å². The van der Waals surface area contributed by atoms with Crippen LogP contribution in [0.5, 0.6) is 0 Å². The molecule has 8 nitrogen and oxygen atoms in total. The molecule has 0 spiro atoms. The maximum absolute atomic E-state index is 11.8. The number of hydrogen-bond donors (Lipinski definition) is 2. The fourth-order valence-corrected chi connectivity index (χ4v) is 22.8. The number of aldehydes is 1. The molecule has 0 radical (unpaired) electrons. The Morgan fingerprint density at radius 2 is 1.05 bits per heavy atom. The van der Waals surface area contributed by atoms with Crippen molar-refractivity contribution in [2.24, 2.45) is 115 Å². The average molecular weight is 1300 g/mol. The molecule has 20 atom stereocenters. The van der Waals surface area contributed by atoms with E-state index in [1.807, 2.05) is 0 Å². The number of hydrogen-bond acceptors (Lipinski definition) is 8. The van der Waals surface area contributed by atoms with E-state index in [-0.39, 0.29) is 64.0 Å². The zero-order chi connectivity index (χ0) is 67.3. The molecular formula is C80H145LiO8Si2.